The van der Waals surface area contributed by atoms with E-state index in [2.05, 4.69) is 25.7 Å². The Hall–Kier alpha value is -4.10. The average Bonchev–Trinajstić information content (AvgIpc) is 3.37. The Balaban J connectivity index is 1.57. The molecule has 1 aliphatic rings. The maximum Gasteiger partial charge on any atom is 0.343 e. The normalized spacial score (nSPS) is 14.2. The van der Waals surface area contributed by atoms with Crippen LogP contribution in [-0.4, -0.2) is 43.4 Å². The van der Waals surface area contributed by atoms with E-state index in [1.54, 1.807) is 63.2 Å². The number of fused-ring (bicyclic) bond motifs is 1. The fourth-order valence-corrected chi connectivity index (χ4v) is 7.33. The number of carbonyl (C=O) groups excluding carboxylic acids is 2. The van der Waals surface area contributed by atoms with Gasteiger partial charge in [-0.2, -0.15) is 0 Å². The fourth-order valence-electron chi connectivity index (χ4n) is 5.10. The van der Waals surface area contributed by atoms with Gasteiger partial charge in [0.15, 0.2) is 28.7 Å². The van der Waals surface area contributed by atoms with E-state index in [4.69, 9.17) is 42.1 Å². The van der Waals surface area contributed by atoms with Crippen LogP contribution in [0.2, 0.25) is 10.0 Å². The lowest BCUT2D eigenvalue weighted by atomic mass is 9.95. The minimum Gasteiger partial charge on any atom is -0.490 e. The molecule has 0 fully saturated rings. The third kappa shape index (κ3) is 8.04. The average molecular weight is 791 g/mol. The predicted octanol–water partition coefficient (Wildman–Crippen LogP) is 6.40. The number of ether oxygens (including phenoxy) is 5. The molecule has 10 nitrogen and oxygen atoms in total. The van der Waals surface area contributed by atoms with Crippen LogP contribution in [0.1, 0.15) is 43.5 Å². The molecule has 0 radical (unpaired) electrons. The predicted molar refractivity (Wildman–Crippen MR) is 190 cm³/mol. The first kappa shape index (κ1) is 36.2. The Morgan fingerprint density at radius 2 is 1.78 bits per heavy atom. The summed E-state index contributed by atoms with van der Waals surface area (Å²) in [6, 6.07) is 14.9. The highest BCUT2D eigenvalue weighted by Crippen LogP contribution is 2.37. The van der Waals surface area contributed by atoms with E-state index in [1.807, 2.05) is 18.2 Å². The van der Waals surface area contributed by atoms with E-state index in [9.17, 15) is 14.4 Å². The molecule has 1 aliphatic heterocycles. The van der Waals surface area contributed by atoms with Gasteiger partial charge in [-0.25, -0.2) is 14.6 Å². The molecule has 3 aromatic carbocycles. The van der Waals surface area contributed by atoms with Crippen LogP contribution >= 0.6 is 50.5 Å². The zero-order chi connectivity index (χ0) is 35.2. The highest BCUT2D eigenvalue weighted by Gasteiger charge is 2.34. The van der Waals surface area contributed by atoms with Gasteiger partial charge in [-0.1, -0.05) is 58.8 Å². The molecule has 0 saturated heterocycles. The van der Waals surface area contributed by atoms with E-state index in [-0.39, 0.29) is 31.0 Å². The van der Waals surface area contributed by atoms with E-state index in [1.165, 1.54) is 23.0 Å². The molecule has 0 unspecified atom stereocenters. The van der Waals surface area contributed by atoms with E-state index >= 15 is 0 Å². The fraction of sp³-hybridized carbons (Fsp3) is 0.257. The Labute approximate surface area is 304 Å². The summed E-state index contributed by atoms with van der Waals surface area (Å²) in [5.41, 5.74) is 2.23. The van der Waals surface area contributed by atoms with Crippen LogP contribution in [0.4, 0.5) is 0 Å². The van der Waals surface area contributed by atoms with Gasteiger partial charge in [0.1, 0.15) is 6.61 Å². The molecule has 0 spiro atoms. The molecular weight excluding hydrogens is 759 g/mol. The quantitative estimate of drug-likeness (QED) is 0.152. The van der Waals surface area contributed by atoms with Crippen LogP contribution in [0, 0.1) is 0 Å². The van der Waals surface area contributed by atoms with Gasteiger partial charge in [-0.3, -0.25) is 9.36 Å². The first-order chi connectivity index (χ1) is 23.6. The molecule has 49 heavy (non-hydrogen) atoms. The van der Waals surface area contributed by atoms with E-state index in [0.717, 1.165) is 5.56 Å². The monoisotopic (exact) mass is 788 g/mol. The van der Waals surface area contributed by atoms with Crippen LogP contribution in [0.5, 0.6) is 17.2 Å². The molecular formula is C35H31BrCl2N2O8S. The first-order valence-electron chi connectivity index (χ1n) is 15.1. The largest absolute Gasteiger partial charge is 0.490 e. The molecule has 5 rings (SSSR count). The van der Waals surface area contributed by atoms with Gasteiger partial charge in [-0.05, 0) is 84.2 Å². The van der Waals surface area contributed by atoms with Gasteiger partial charge in [0, 0.05) is 10.6 Å². The minimum atomic E-state index is -0.901. The van der Waals surface area contributed by atoms with Crippen molar-refractivity contribution in [1.29, 1.82) is 0 Å². The molecule has 2 heterocycles. The second-order valence-electron chi connectivity index (χ2n) is 10.5. The van der Waals surface area contributed by atoms with Crippen LogP contribution < -0.4 is 29.1 Å². The lowest BCUT2D eigenvalue weighted by molar-refractivity contribution is -0.143. The number of esters is 2. The van der Waals surface area contributed by atoms with Gasteiger partial charge >= 0.3 is 11.9 Å². The number of methoxy groups -OCH3 is 1. The number of thiazole rings is 1. The van der Waals surface area contributed by atoms with Crippen molar-refractivity contribution in [3.63, 3.8) is 0 Å². The molecule has 14 heteroatoms. The molecule has 1 atom stereocenters. The molecule has 0 aliphatic carbocycles. The van der Waals surface area contributed by atoms with Crippen molar-refractivity contribution in [1.82, 2.24) is 4.57 Å². The Bertz CT molecular complexity index is 2110. The highest BCUT2D eigenvalue weighted by atomic mass is 79.9. The number of nitrogens with zero attached hydrogens (tertiary/aromatic N) is 2. The summed E-state index contributed by atoms with van der Waals surface area (Å²) >= 11 is 17.6. The molecule has 4 aromatic rings. The smallest absolute Gasteiger partial charge is 0.343 e. The Morgan fingerprint density at radius 1 is 1.00 bits per heavy atom. The van der Waals surface area contributed by atoms with Crippen molar-refractivity contribution in [3.8, 4) is 17.2 Å². The summed E-state index contributed by atoms with van der Waals surface area (Å²) < 4.78 is 29.9. The number of allylic oxidation sites excluding steroid dienone is 1. The Kier molecular flexibility index (Phi) is 11.9. The van der Waals surface area contributed by atoms with Crippen molar-refractivity contribution < 1.29 is 33.3 Å². The molecule has 0 saturated carbocycles. The summed E-state index contributed by atoms with van der Waals surface area (Å²) in [6.07, 6.45) is 1.70. The molecule has 0 N–H and O–H groups in total. The van der Waals surface area contributed by atoms with Gasteiger partial charge in [0.25, 0.3) is 5.56 Å². The summed E-state index contributed by atoms with van der Waals surface area (Å²) in [6.45, 7) is 5.51. The summed E-state index contributed by atoms with van der Waals surface area (Å²) in [7, 11) is 1.26. The lowest BCUT2D eigenvalue weighted by Crippen LogP contribution is -2.40. The first-order valence-corrected chi connectivity index (χ1v) is 17.4. The number of hydrogen-bond acceptors (Lipinski definition) is 10. The lowest BCUT2D eigenvalue weighted by Gasteiger charge is -2.25. The maximum atomic E-state index is 14.2. The van der Waals surface area contributed by atoms with Crippen molar-refractivity contribution in [2.75, 3.05) is 26.9 Å². The summed E-state index contributed by atoms with van der Waals surface area (Å²) in [4.78, 5) is 44.3. The van der Waals surface area contributed by atoms with Crippen molar-refractivity contribution in [2.24, 2.45) is 4.99 Å². The SMILES string of the molecule is CCOC(=O)C1=C(C)N=c2s/c(=C\c3cc(Cl)c(OCc4ccccc4Cl)c(Br)c3)c(=O)n2[C@H]1c1ccc(OCC(=O)OC)c(OCC)c1. The molecule has 256 valence electrons. The number of carbonyl (C=O) groups is 2. The van der Waals surface area contributed by atoms with Crippen LogP contribution in [0.15, 0.2) is 80.1 Å². The zero-order valence-electron chi connectivity index (χ0n) is 26.9. The minimum absolute atomic E-state index is 0.130. The maximum absolute atomic E-state index is 14.2. The topological polar surface area (TPSA) is 115 Å². The van der Waals surface area contributed by atoms with Crippen molar-refractivity contribution in [2.45, 2.75) is 33.4 Å². The Morgan fingerprint density at radius 3 is 2.47 bits per heavy atom. The van der Waals surface area contributed by atoms with Gasteiger partial charge in [0.2, 0.25) is 0 Å². The second kappa shape index (κ2) is 16.1. The standard InChI is InChI=1S/C35H31BrCl2N2O8S/c1-5-45-27-16-21(11-12-26(27)47-18-29(41)44-4)31-30(34(43)46-6-2)19(3)39-35-40(31)33(42)28(49-35)15-20-13-23(36)32(25(38)14-20)48-17-22-9-7-8-10-24(22)37/h7-16,31H,5-6,17-18H2,1-4H3/b28-15-/t31-/m0/s1. The number of benzene rings is 3. The second-order valence-corrected chi connectivity index (χ2v) is 13.2. The highest BCUT2D eigenvalue weighted by molar-refractivity contribution is 9.10. The van der Waals surface area contributed by atoms with Crippen LogP contribution in [0.25, 0.3) is 6.08 Å². The molecule has 1 aromatic heterocycles. The third-order valence-electron chi connectivity index (χ3n) is 7.32. The summed E-state index contributed by atoms with van der Waals surface area (Å²) in [5, 5.41) is 0.912. The number of hydrogen-bond donors (Lipinski definition) is 0. The van der Waals surface area contributed by atoms with Crippen LogP contribution in [0.3, 0.4) is 0 Å². The summed E-state index contributed by atoms with van der Waals surface area (Å²) in [5.74, 6) is -0.118. The zero-order valence-corrected chi connectivity index (χ0v) is 30.8. The van der Waals surface area contributed by atoms with Crippen LogP contribution in [-0.2, 0) is 25.7 Å². The number of halogens is 3. The van der Waals surface area contributed by atoms with E-state index in [0.29, 0.717) is 64.5 Å². The third-order valence-corrected chi connectivity index (χ3v) is 9.54. The van der Waals surface area contributed by atoms with E-state index < -0.39 is 18.0 Å². The van der Waals surface area contributed by atoms with Crippen molar-refractivity contribution in [3.05, 3.63) is 117 Å². The molecule has 0 amide bonds. The number of aromatic nitrogens is 1. The van der Waals surface area contributed by atoms with Gasteiger partial charge < -0.3 is 23.7 Å². The number of rotatable bonds is 12. The van der Waals surface area contributed by atoms with Gasteiger partial charge in [0.05, 0.1) is 51.7 Å². The van der Waals surface area contributed by atoms with Gasteiger partial charge in [-0.15, -0.1) is 0 Å². The van der Waals surface area contributed by atoms with Crippen molar-refractivity contribution >= 4 is 68.5 Å². The molecule has 0 bridgehead atoms.